The highest BCUT2D eigenvalue weighted by Crippen LogP contribution is 1.99. The number of carbonyl (C=O) groups is 2. The molecule has 1 amide bonds. The second-order valence-electron chi connectivity index (χ2n) is 3.06. The van der Waals surface area contributed by atoms with Crippen molar-refractivity contribution in [1.82, 2.24) is 5.32 Å². The van der Waals surface area contributed by atoms with Gasteiger partial charge in [-0.1, -0.05) is 5.92 Å². The molecule has 0 aromatic heterocycles. The average Bonchev–Trinajstić information content (AvgIpc) is 2.12. The molecule has 78 valence electrons. The second kappa shape index (κ2) is 6.96. The smallest absolute Gasteiger partial charge is 0.303 e. The molecular weight excluding hydrogens is 182 g/mol. The Morgan fingerprint density at radius 3 is 2.50 bits per heavy atom. The molecule has 0 aliphatic heterocycles. The first kappa shape index (κ1) is 12.5. The molecule has 0 saturated heterocycles. The van der Waals surface area contributed by atoms with E-state index in [1.165, 1.54) is 0 Å². The summed E-state index contributed by atoms with van der Waals surface area (Å²) in [6, 6.07) is -0.262. The van der Waals surface area contributed by atoms with Gasteiger partial charge in [-0.3, -0.25) is 9.59 Å². The van der Waals surface area contributed by atoms with Gasteiger partial charge in [0, 0.05) is 12.8 Å². The zero-order valence-electron chi connectivity index (χ0n) is 8.25. The molecule has 0 spiro atoms. The van der Waals surface area contributed by atoms with E-state index in [1.54, 1.807) is 6.92 Å². The number of hydrogen-bond acceptors (Lipinski definition) is 2. The van der Waals surface area contributed by atoms with Gasteiger partial charge in [-0.25, -0.2) is 0 Å². The first-order chi connectivity index (χ1) is 6.56. The molecule has 0 fully saturated rings. The van der Waals surface area contributed by atoms with Crippen LogP contribution in [0.25, 0.3) is 0 Å². The van der Waals surface area contributed by atoms with Crippen molar-refractivity contribution >= 4 is 11.9 Å². The molecule has 14 heavy (non-hydrogen) atoms. The van der Waals surface area contributed by atoms with E-state index in [0.29, 0.717) is 19.3 Å². The molecule has 0 aromatic carbocycles. The van der Waals surface area contributed by atoms with E-state index in [-0.39, 0.29) is 18.4 Å². The minimum atomic E-state index is -0.831. The van der Waals surface area contributed by atoms with Crippen molar-refractivity contribution in [2.45, 2.75) is 38.6 Å². The standard InChI is InChI=1S/C10H15NO3/c1-3-8(2)11-9(12)6-4-5-7-10(13)14/h1,8H,4-7H2,2H3,(H,11,12)(H,13,14). The predicted octanol–water partition coefficient (Wildman–Crippen LogP) is 0.769. The largest absolute Gasteiger partial charge is 0.481 e. The molecule has 2 N–H and O–H groups in total. The normalized spacial score (nSPS) is 11.4. The first-order valence-corrected chi connectivity index (χ1v) is 4.53. The number of amides is 1. The number of carboxylic acid groups (broad SMARTS) is 1. The first-order valence-electron chi connectivity index (χ1n) is 4.53. The molecule has 0 aliphatic carbocycles. The van der Waals surface area contributed by atoms with Crippen molar-refractivity contribution in [2.75, 3.05) is 0 Å². The van der Waals surface area contributed by atoms with E-state index in [9.17, 15) is 9.59 Å². The van der Waals surface area contributed by atoms with E-state index in [1.807, 2.05) is 0 Å². The van der Waals surface area contributed by atoms with Crippen molar-refractivity contribution in [3.8, 4) is 12.3 Å². The van der Waals surface area contributed by atoms with Gasteiger partial charge < -0.3 is 10.4 Å². The maximum Gasteiger partial charge on any atom is 0.303 e. The second-order valence-corrected chi connectivity index (χ2v) is 3.06. The molecule has 0 aliphatic rings. The quantitative estimate of drug-likeness (QED) is 0.488. The van der Waals surface area contributed by atoms with Crippen LogP contribution in [-0.2, 0) is 9.59 Å². The lowest BCUT2D eigenvalue weighted by molar-refractivity contribution is -0.137. The number of carbonyl (C=O) groups excluding carboxylic acids is 1. The third-order valence-corrected chi connectivity index (χ3v) is 1.67. The molecule has 0 rings (SSSR count). The van der Waals surface area contributed by atoms with Crippen molar-refractivity contribution in [2.24, 2.45) is 0 Å². The molecule has 0 radical (unpaired) electrons. The molecular formula is C10H15NO3. The summed E-state index contributed by atoms with van der Waals surface area (Å²) in [5, 5.41) is 10.9. The molecule has 0 heterocycles. The van der Waals surface area contributed by atoms with Gasteiger partial charge in [0.2, 0.25) is 5.91 Å². The van der Waals surface area contributed by atoms with E-state index >= 15 is 0 Å². The number of unbranched alkanes of at least 4 members (excludes halogenated alkanes) is 1. The van der Waals surface area contributed by atoms with Crippen LogP contribution in [0.4, 0.5) is 0 Å². The molecule has 4 nitrogen and oxygen atoms in total. The fourth-order valence-electron chi connectivity index (χ4n) is 0.917. The van der Waals surface area contributed by atoms with Gasteiger partial charge in [0.25, 0.3) is 0 Å². The van der Waals surface area contributed by atoms with Gasteiger partial charge in [0.1, 0.15) is 0 Å². The van der Waals surface area contributed by atoms with Crippen LogP contribution in [0.2, 0.25) is 0 Å². The number of carboxylic acids is 1. The number of terminal acetylenes is 1. The Morgan fingerprint density at radius 1 is 1.43 bits per heavy atom. The fraction of sp³-hybridized carbons (Fsp3) is 0.600. The highest BCUT2D eigenvalue weighted by molar-refractivity contribution is 5.76. The SMILES string of the molecule is C#CC(C)NC(=O)CCCCC(=O)O. The average molecular weight is 197 g/mol. The van der Waals surface area contributed by atoms with Gasteiger partial charge >= 0.3 is 5.97 Å². The van der Waals surface area contributed by atoms with Crippen LogP contribution < -0.4 is 5.32 Å². The highest BCUT2D eigenvalue weighted by Gasteiger charge is 2.04. The number of nitrogens with one attached hydrogen (secondary N) is 1. The predicted molar refractivity (Wildman–Crippen MR) is 52.5 cm³/mol. The number of hydrogen-bond donors (Lipinski definition) is 2. The summed E-state index contributed by atoms with van der Waals surface area (Å²) >= 11 is 0. The Kier molecular flexibility index (Phi) is 6.21. The Bertz CT molecular complexity index is 242. The monoisotopic (exact) mass is 197 g/mol. The molecule has 0 saturated carbocycles. The third-order valence-electron chi connectivity index (χ3n) is 1.67. The van der Waals surface area contributed by atoms with Gasteiger partial charge in [-0.05, 0) is 19.8 Å². The Morgan fingerprint density at radius 2 is 2.00 bits per heavy atom. The third kappa shape index (κ3) is 7.17. The van der Waals surface area contributed by atoms with E-state index in [4.69, 9.17) is 11.5 Å². The Balaban J connectivity index is 3.46. The van der Waals surface area contributed by atoms with Crippen LogP contribution in [-0.4, -0.2) is 23.0 Å². The van der Waals surface area contributed by atoms with Crippen LogP contribution in [0.1, 0.15) is 32.6 Å². The van der Waals surface area contributed by atoms with Crippen molar-refractivity contribution in [1.29, 1.82) is 0 Å². The van der Waals surface area contributed by atoms with E-state index in [2.05, 4.69) is 11.2 Å². The minimum Gasteiger partial charge on any atom is -0.481 e. The van der Waals surface area contributed by atoms with Crippen molar-refractivity contribution in [3.63, 3.8) is 0 Å². The topological polar surface area (TPSA) is 66.4 Å². The minimum absolute atomic E-state index is 0.109. The van der Waals surface area contributed by atoms with Gasteiger partial charge in [-0.15, -0.1) is 6.42 Å². The highest BCUT2D eigenvalue weighted by atomic mass is 16.4. The summed E-state index contributed by atoms with van der Waals surface area (Å²) in [7, 11) is 0. The Hall–Kier alpha value is -1.50. The van der Waals surface area contributed by atoms with Crippen molar-refractivity contribution < 1.29 is 14.7 Å². The van der Waals surface area contributed by atoms with Crippen LogP contribution >= 0.6 is 0 Å². The lowest BCUT2D eigenvalue weighted by Crippen LogP contribution is -2.30. The summed E-state index contributed by atoms with van der Waals surface area (Å²) in [5.41, 5.74) is 0. The molecule has 4 heteroatoms. The van der Waals surface area contributed by atoms with Gasteiger partial charge in [0.15, 0.2) is 0 Å². The molecule has 1 unspecified atom stereocenters. The summed E-state index contributed by atoms with van der Waals surface area (Å²) in [6.07, 6.45) is 6.61. The summed E-state index contributed by atoms with van der Waals surface area (Å²) in [6.45, 7) is 1.72. The van der Waals surface area contributed by atoms with E-state index in [0.717, 1.165) is 0 Å². The lowest BCUT2D eigenvalue weighted by Gasteiger charge is -2.06. The molecule has 0 bridgehead atoms. The maximum atomic E-state index is 11.1. The molecule has 1 atom stereocenters. The zero-order chi connectivity index (χ0) is 11.0. The van der Waals surface area contributed by atoms with Gasteiger partial charge in [0.05, 0.1) is 6.04 Å². The number of rotatable bonds is 6. The summed E-state index contributed by atoms with van der Waals surface area (Å²) in [5.74, 6) is 1.42. The lowest BCUT2D eigenvalue weighted by atomic mass is 10.2. The van der Waals surface area contributed by atoms with Crippen molar-refractivity contribution in [3.05, 3.63) is 0 Å². The summed E-state index contributed by atoms with van der Waals surface area (Å²) < 4.78 is 0. The van der Waals surface area contributed by atoms with Gasteiger partial charge in [-0.2, -0.15) is 0 Å². The Labute approximate surface area is 83.7 Å². The summed E-state index contributed by atoms with van der Waals surface area (Å²) in [4.78, 5) is 21.2. The zero-order valence-corrected chi connectivity index (χ0v) is 8.25. The van der Waals surface area contributed by atoms with Crippen LogP contribution in [0.5, 0.6) is 0 Å². The number of aliphatic carboxylic acids is 1. The van der Waals surface area contributed by atoms with Crippen LogP contribution in [0, 0.1) is 12.3 Å². The van der Waals surface area contributed by atoms with Crippen LogP contribution in [0.3, 0.4) is 0 Å². The fourth-order valence-corrected chi connectivity index (χ4v) is 0.917. The maximum absolute atomic E-state index is 11.1. The van der Waals surface area contributed by atoms with E-state index < -0.39 is 5.97 Å². The molecule has 0 aromatic rings. The van der Waals surface area contributed by atoms with Crippen LogP contribution in [0.15, 0.2) is 0 Å².